The maximum atomic E-state index is 13.1. The van der Waals surface area contributed by atoms with Gasteiger partial charge in [0.1, 0.15) is 5.75 Å². The number of nitrogens with zero attached hydrogens (tertiary/aromatic N) is 1. The van der Waals surface area contributed by atoms with Gasteiger partial charge in [0, 0.05) is 34.2 Å². The topological polar surface area (TPSA) is 46.6 Å². The van der Waals surface area contributed by atoms with Crippen molar-refractivity contribution >= 4 is 22.6 Å². The van der Waals surface area contributed by atoms with Crippen LogP contribution in [0.4, 0.5) is 0 Å². The van der Waals surface area contributed by atoms with E-state index in [2.05, 4.69) is 18.8 Å². The molecule has 2 amide bonds. The summed E-state index contributed by atoms with van der Waals surface area (Å²) in [5, 5.41) is 1.55. The number of benzene rings is 3. The molecule has 3 aromatic carbocycles. The number of imide groups is 1. The zero-order valence-electron chi connectivity index (χ0n) is 17.9. The van der Waals surface area contributed by atoms with Gasteiger partial charge in [0.15, 0.2) is 0 Å². The number of hydrogen-bond donors (Lipinski definition) is 0. The first-order valence-corrected chi connectivity index (χ1v) is 10.7. The standard InChI is InChI=1S/C27H25NO3/c1-3-4-5-6-18-28-26(29)23-9-7-8-22-20(14-17-24(25(22)23)27(28)30)13-10-19-11-15-21(31-2)16-12-19/h7-9,11-12,14-17H,3-6,18H2,1-2H3. The van der Waals surface area contributed by atoms with Crippen molar-refractivity contribution in [1.29, 1.82) is 0 Å². The summed E-state index contributed by atoms with van der Waals surface area (Å²) in [4.78, 5) is 27.6. The Morgan fingerprint density at radius 3 is 2.29 bits per heavy atom. The molecule has 4 heteroatoms. The van der Waals surface area contributed by atoms with E-state index in [4.69, 9.17) is 4.74 Å². The van der Waals surface area contributed by atoms with Gasteiger partial charge in [-0.25, -0.2) is 0 Å². The van der Waals surface area contributed by atoms with Crippen LogP contribution in [0.3, 0.4) is 0 Å². The lowest BCUT2D eigenvalue weighted by Crippen LogP contribution is -2.40. The molecule has 31 heavy (non-hydrogen) atoms. The Kier molecular flexibility index (Phi) is 6.04. The Balaban J connectivity index is 1.69. The lowest BCUT2D eigenvalue weighted by Gasteiger charge is -2.27. The Hall–Kier alpha value is -3.58. The molecule has 1 heterocycles. The molecule has 0 spiro atoms. The van der Waals surface area contributed by atoms with Gasteiger partial charge in [0.25, 0.3) is 11.8 Å². The fourth-order valence-electron chi connectivity index (χ4n) is 3.97. The van der Waals surface area contributed by atoms with Crippen LogP contribution in [0.25, 0.3) is 10.8 Å². The molecule has 0 saturated heterocycles. The highest BCUT2D eigenvalue weighted by atomic mass is 16.5. The van der Waals surface area contributed by atoms with Crippen molar-refractivity contribution in [2.24, 2.45) is 0 Å². The SMILES string of the molecule is CCCCCCN1C(=O)c2cccc3c(C#Cc4ccc(OC)cc4)ccc(c23)C1=O. The molecule has 4 rings (SSSR count). The Labute approximate surface area is 182 Å². The molecule has 0 aliphatic carbocycles. The third-order valence-corrected chi connectivity index (χ3v) is 5.66. The molecule has 0 unspecified atom stereocenters. The van der Waals surface area contributed by atoms with E-state index in [9.17, 15) is 9.59 Å². The first kappa shape index (κ1) is 20.7. The molecule has 0 atom stereocenters. The monoisotopic (exact) mass is 411 g/mol. The molecule has 0 radical (unpaired) electrons. The van der Waals surface area contributed by atoms with Crippen LogP contribution in [0.5, 0.6) is 5.75 Å². The number of methoxy groups -OCH3 is 1. The maximum absolute atomic E-state index is 13.1. The van der Waals surface area contributed by atoms with Crippen LogP contribution in [0.2, 0.25) is 0 Å². The van der Waals surface area contributed by atoms with Gasteiger partial charge in [-0.3, -0.25) is 14.5 Å². The van der Waals surface area contributed by atoms with E-state index in [1.54, 1.807) is 19.2 Å². The van der Waals surface area contributed by atoms with E-state index in [1.165, 1.54) is 4.90 Å². The lowest BCUT2D eigenvalue weighted by atomic mass is 9.91. The number of unbranched alkanes of at least 4 members (excludes halogenated alkanes) is 3. The number of ether oxygens (including phenoxy) is 1. The van der Waals surface area contributed by atoms with Crippen molar-refractivity contribution in [1.82, 2.24) is 4.90 Å². The highest BCUT2D eigenvalue weighted by molar-refractivity contribution is 6.26. The van der Waals surface area contributed by atoms with E-state index in [0.29, 0.717) is 23.1 Å². The van der Waals surface area contributed by atoms with Crippen LogP contribution in [-0.2, 0) is 0 Å². The summed E-state index contributed by atoms with van der Waals surface area (Å²) >= 11 is 0. The van der Waals surface area contributed by atoms with E-state index in [-0.39, 0.29) is 11.8 Å². The highest BCUT2D eigenvalue weighted by Crippen LogP contribution is 2.32. The lowest BCUT2D eigenvalue weighted by molar-refractivity contribution is 0.0608. The average molecular weight is 412 g/mol. The predicted molar refractivity (Wildman–Crippen MR) is 122 cm³/mol. The predicted octanol–water partition coefficient (Wildman–Crippen LogP) is 5.42. The number of rotatable bonds is 6. The number of amides is 2. The number of carbonyl (C=O) groups excluding carboxylic acids is 2. The van der Waals surface area contributed by atoms with Crippen LogP contribution >= 0.6 is 0 Å². The normalized spacial score (nSPS) is 12.6. The van der Waals surface area contributed by atoms with Gasteiger partial charge in [-0.05, 0) is 54.3 Å². The van der Waals surface area contributed by atoms with Crippen molar-refractivity contribution in [3.8, 4) is 17.6 Å². The second kappa shape index (κ2) is 9.06. The maximum Gasteiger partial charge on any atom is 0.261 e. The van der Waals surface area contributed by atoms with Gasteiger partial charge in [-0.2, -0.15) is 0 Å². The summed E-state index contributed by atoms with van der Waals surface area (Å²) in [6, 6.07) is 16.8. The minimum atomic E-state index is -0.208. The summed E-state index contributed by atoms with van der Waals surface area (Å²) in [7, 11) is 1.63. The molecule has 0 N–H and O–H groups in total. The Morgan fingerprint density at radius 2 is 1.58 bits per heavy atom. The van der Waals surface area contributed by atoms with Crippen molar-refractivity contribution in [2.45, 2.75) is 32.6 Å². The second-order valence-corrected chi connectivity index (χ2v) is 7.69. The molecular weight excluding hydrogens is 386 g/mol. The Bertz CT molecular complexity index is 1180. The van der Waals surface area contributed by atoms with Crippen LogP contribution in [0.15, 0.2) is 54.6 Å². The summed E-state index contributed by atoms with van der Waals surface area (Å²) in [6.07, 6.45) is 4.08. The van der Waals surface area contributed by atoms with Crippen molar-refractivity contribution in [3.63, 3.8) is 0 Å². The van der Waals surface area contributed by atoms with Crippen molar-refractivity contribution in [2.75, 3.05) is 13.7 Å². The zero-order chi connectivity index (χ0) is 21.8. The van der Waals surface area contributed by atoms with Crippen LogP contribution in [0, 0.1) is 11.8 Å². The van der Waals surface area contributed by atoms with E-state index < -0.39 is 0 Å². The van der Waals surface area contributed by atoms with Gasteiger partial charge < -0.3 is 4.74 Å². The number of carbonyl (C=O) groups is 2. The van der Waals surface area contributed by atoms with Gasteiger partial charge >= 0.3 is 0 Å². The molecule has 4 nitrogen and oxygen atoms in total. The van der Waals surface area contributed by atoms with Gasteiger partial charge in [-0.1, -0.05) is 50.2 Å². The summed E-state index contributed by atoms with van der Waals surface area (Å²) in [6.45, 7) is 2.61. The summed E-state index contributed by atoms with van der Waals surface area (Å²) in [5.41, 5.74) is 2.83. The van der Waals surface area contributed by atoms with Crippen LogP contribution in [0.1, 0.15) is 64.4 Å². The molecule has 0 fully saturated rings. The molecule has 0 bridgehead atoms. The molecule has 0 saturated carbocycles. The first-order valence-electron chi connectivity index (χ1n) is 10.7. The molecule has 3 aromatic rings. The second-order valence-electron chi connectivity index (χ2n) is 7.69. The van der Waals surface area contributed by atoms with Crippen LogP contribution < -0.4 is 4.74 Å². The van der Waals surface area contributed by atoms with Crippen molar-refractivity contribution < 1.29 is 14.3 Å². The first-order chi connectivity index (χ1) is 15.1. The van der Waals surface area contributed by atoms with E-state index in [1.807, 2.05) is 42.5 Å². The number of hydrogen-bond acceptors (Lipinski definition) is 3. The third-order valence-electron chi connectivity index (χ3n) is 5.66. The van der Waals surface area contributed by atoms with E-state index in [0.717, 1.165) is 47.9 Å². The van der Waals surface area contributed by atoms with Gasteiger partial charge in [0.05, 0.1) is 7.11 Å². The molecule has 156 valence electrons. The van der Waals surface area contributed by atoms with Gasteiger partial charge in [0.2, 0.25) is 0 Å². The van der Waals surface area contributed by atoms with Gasteiger partial charge in [-0.15, -0.1) is 0 Å². The fourth-order valence-corrected chi connectivity index (χ4v) is 3.97. The minimum Gasteiger partial charge on any atom is -0.497 e. The highest BCUT2D eigenvalue weighted by Gasteiger charge is 2.32. The molecule has 1 aliphatic heterocycles. The zero-order valence-corrected chi connectivity index (χ0v) is 17.9. The third kappa shape index (κ3) is 4.04. The smallest absolute Gasteiger partial charge is 0.261 e. The molecule has 1 aliphatic rings. The molecule has 0 aromatic heterocycles. The minimum absolute atomic E-state index is 0.208. The van der Waals surface area contributed by atoms with Crippen LogP contribution in [-0.4, -0.2) is 30.4 Å². The largest absolute Gasteiger partial charge is 0.497 e. The quantitative estimate of drug-likeness (QED) is 0.309. The van der Waals surface area contributed by atoms with Crippen molar-refractivity contribution in [3.05, 3.63) is 76.9 Å². The van der Waals surface area contributed by atoms with E-state index >= 15 is 0 Å². The Morgan fingerprint density at radius 1 is 0.839 bits per heavy atom. The summed E-state index contributed by atoms with van der Waals surface area (Å²) in [5.74, 6) is 6.73. The summed E-state index contributed by atoms with van der Waals surface area (Å²) < 4.78 is 5.18. The average Bonchev–Trinajstić information content (AvgIpc) is 2.81. The molecular formula is C27H25NO3. The fraction of sp³-hybridized carbons (Fsp3) is 0.259.